The first kappa shape index (κ1) is 14.9. The number of likely N-dealkylation sites (N-methyl/N-ethyl adjacent to an activating group) is 1. The van der Waals surface area contributed by atoms with Gasteiger partial charge in [0.25, 0.3) is 0 Å². The second-order valence-electron chi connectivity index (χ2n) is 5.27. The molecule has 1 atom stereocenters. The molecule has 0 aromatic heterocycles. The summed E-state index contributed by atoms with van der Waals surface area (Å²) in [5.41, 5.74) is 2.07. The minimum atomic E-state index is -0.103. The van der Waals surface area contributed by atoms with Crippen LogP contribution < -0.4 is 10.6 Å². The Morgan fingerprint density at radius 1 is 1.35 bits per heavy atom. The van der Waals surface area contributed by atoms with Gasteiger partial charge in [0, 0.05) is 18.3 Å². The number of nitrogens with one attached hydrogen (secondary N) is 2. The van der Waals surface area contributed by atoms with E-state index >= 15 is 0 Å². The highest BCUT2D eigenvalue weighted by Crippen LogP contribution is 2.17. The summed E-state index contributed by atoms with van der Waals surface area (Å²) >= 11 is 0. The van der Waals surface area contributed by atoms with Crippen LogP contribution in [0.1, 0.15) is 32.3 Å². The highest BCUT2D eigenvalue weighted by molar-refractivity contribution is 5.90. The van der Waals surface area contributed by atoms with Crippen molar-refractivity contribution < 1.29 is 4.79 Å². The molecule has 0 radical (unpaired) electrons. The quantitative estimate of drug-likeness (QED) is 0.868. The van der Waals surface area contributed by atoms with Gasteiger partial charge in [0.1, 0.15) is 0 Å². The molecule has 1 unspecified atom stereocenters. The van der Waals surface area contributed by atoms with Crippen LogP contribution >= 0.6 is 0 Å². The first-order valence-corrected chi connectivity index (χ1v) is 7.61. The van der Waals surface area contributed by atoms with Crippen molar-refractivity contribution >= 4 is 11.7 Å². The summed E-state index contributed by atoms with van der Waals surface area (Å²) in [7, 11) is 0. The third kappa shape index (κ3) is 3.73. The Labute approximate surface area is 121 Å². The largest absolute Gasteiger partial charge is 0.336 e. The number of hydrogen-bond acceptors (Lipinski definition) is 2. The molecule has 0 bridgehead atoms. The molecule has 20 heavy (non-hydrogen) atoms. The molecule has 4 nitrogen and oxygen atoms in total. The smallest absolute Gasteiger partial charge is 0.319 e. The summed E-state index contributed by atoms with van der Waals surface area (Å²) in [6.07, 6.45) is 3.34. The Balaban J connectivity index is 1.83. The lowest BCUT2D eigenvalue weighted by molar-refractivity contribution is 0.238. The summed E-state index contributed by atoms with van der Waals surface area (Å²) in [5.74, 6) is 0. The first-order chi connectivity index (χ1) is 9.74. The summed E-state index contributed by atoms with van der Waals surface area (Å²) in [5, 5.41) is 5.95. The van der Waals surface area contributed by atoms with Gasteiger partial charge in [-0.05, 0) is 44.0 Å². The van der Waals surface area contributed by atoms with Crippen molar-refractivity contribution in [1.29, 1.82) is 0 Å². The maximum atomic E-state index is 12.0. The molecular weight excluding hydrogens is 250 g/mol. The van der Waals surface area contributed by atoms with E-state index in [0.717, 1.165) is 31.7 Å². The second-order valence-corrected chi connectivity index (χ2v) is 5.27. The van der Waals surface area contributed by atoms with Gasteiger partial charge >= 0.3 is 6.03 Å². The van der Waals surface area contributed by atoms with Gasteiger partial charge in [-0.1, -0.05) is 32.0 Å². The molecule has 1 saturated heterocycles. The van der Waals surface area contributed by atoms with E-state index in [0.29, 0.717) is 6.04 Å². The number of urea groups is 1. The van der Waals surface area contributed by atoms with Crippen LogP contribution in [0, 0.1) is 0 Å². The Hall–Kier alpha value is -1.55. The highest BCUT2D eigenvalue weighted by atomic mass is 16.2. The number of likely N-dealkylation sites (tertiary alicyclic amines) is 1. The molecule has 1 fully saturated rings. The molecule has 2 N–H and O–H groups in total. The van der Waals surface area contributed by atoms with E-state index in [1.54, 1.807) is 0 Å². The number of benzene rings is 1. The summed E-state index contributed by atoms with van der Waals surface area (Å²) in [6.45, 7) is 7.22. The monoisotopic (exact) mass is 275 g/mol. The first-order valence-electron chi connectivity index (χ1n) is 7.61. The van der Waals surface area contributed by atoms with Gasteiger partial charge in [-0.15, -0.1) is 0 Å². The van der Waals surface area contributed by atoms with Crippen molar-refractivity contribution in [2.45, 2.75) is 39.2 Å². The van der Waals surface area contributed by atoms with Gasteiger partial charge in [-0.2, -0.15) is 0 Å². The molecule has 4 heteroatoms. The maximum absolute atomic E-state index is 12.0. The molecule has 1 heterocycles. The number of carbonyl (C=O) groups excluding carboxylic acids is 1. The van der Waals surface area contributed by atoms with Crippen molar-refractivity contribution in [1.82, 2.24) is 10.2 Å². The van der Waals surface area contributed by atoms with E-state index in [4.69, 9.17) is 0 Å². The minimum absolute atomic E-state index is 0.103. The average Bonchev–Trinajstić information content (AvgIpc) is 2.93. The predicted molar refractivity (Wildman–Crippen MR) is 83.1 cm³/mol. The van der Waals surface area contributed by atoms with E-state index in [9.17, 15) is 4.79 Å². The molecular formula is C16H25N3O. The fourth-order valence-electron chi connectivity index (χ4n) is 2.87. The van der Waals surface area contributed by atoms with Gasteiger partial charge < -0.3 is 10.6 Å². The number of para-hydroxylation sites is 1. The number of aryl methyl sites for hydroxylation is 1. The van der Waals surface area contributed by atoms with Crippen LogP contribution in [-0.4, -0.2) is 36.6 Å². The summed E-state index contributed by atoms with van der Waals surface area (Å²) in [6, 6.07) is 8.34. The van der Waals surface area contributed by atoms with Crippen LogP contribution in [0.25, 0.3) is 0 Å². The zero-order valence-corrected chi connectivity index (χ0v) is 12.5. The van der Waals surface area contributed by atoms with Crippen molar-refractivity contribution in [2.24, 2.45) is 0 Å². The van der Waals surface area contributed by atoms with Gasteiger partial charge in [0.05, 0.1) is 0 Å². The molecule has 1 aromatic rings. The van der Waals surface area contributed by atoms with Crippen molar-refractivity contribution in [3.8, 4) is 0 Å². The average molecular weight is 275 g/mol. The van der Waals surface area contributed by atoms with Crippen LogP contribution in [0.5, 0.6) is 0 Å². The summed E-state index contributed by atoms with van der Waals surface area (Å²) in [4.78, 5) is 14.4. The number of carbonyl (C=O) groups is 1. The van der Waals surface area contributed by atoms with Gasteiger partial charge in [0.2, 0.25) is 0 Å². The normalized spacial score (nSPS) is 19.0. The fourth-order valence-corrected chi connectivity index (χ4v) is 2.87. The summed E-state index contributed by atoms with van der Waals surface area (Å²) < 4.78 is 0. The standard InChI is InChI=1S/C16H25N3O/c1-3-13-8-5-6-10-15(13)18-16(20)17-12-14-9-7-11-19(14)4-2/h5-6,8,10,14H,3-4,7,9,11-12H2,1-2H3,(H2,17,18,20). The Bertz CT molecular complexity index is 447. The topological polar surface area (TPSA) is 44.4 Å². The third-order valence-electron chi connectivity index (χ3n) is 4.05. The predicted octanol–water partition coefficient (Wildman–Crippen LogP) is 2.85. The molecule has 0 aliphatic carbocycles. The minimum Gasteiger partial charge on any atom is -0.336 e. The van der Waals surface area contributed by atoms with Crippen LogP contribution in [0.15, 0.2) is 24.3 Å². The maximum Gasteiger partial charge on any atom is 0.319 e. The fraction of sp³-hybridized carbons (Fsp3) is 0.562. The lowest BCUT2D eigenvalue weighted by atomic mass is 10.1. The van der Waals surface area contributed by atoms with Crippen LogP contribution in [0.2, 0.25) is 0 Å². The van der Waals surface area contributed by atoms with E-state index in [1.807, 2.05) is 24.3 Å². The Morgan fingerprint density at radius 3 is 2.90 bits per heavy atom. The molecule has 0 saturated carbocycles. The molecule has 110 valence electrons. The van der Waals surface area contributed by atoms with Crippen molar-refractivity contribution in [3.63, 3.8) is 0 Å². The SMILES string of the molecule is CCc1ccccc1NC(=O)NCC1CCCN1CC. The molecule has 1 aliphatic heterocycles. The Kier molecular flexibility index (Phi) is 5.41. The number of hydrogen-bond donors (Lipinski definition) is 2. The number of amides is 2. The van der Waals surface area contributed by atoms with Crippen molar-refractivity contribution in [2.75, 3.05) is 25.0 Å². The van der Waals surface area contributed by atoms with E-state index < -0.39 is 0 Å². The molecule has 2 amide bonds. The van der Waals surface area contributed by atoms with Gasteiger partial charge in [-0.25, -0.2) is 4.79 Å². The number of rotatable bonds is 5. The van der Waals surface area contributed by atoms with E-state index in [1.165, 1.54) is 18.4 Å². The van der Waals surface area contributed by atoms with E-state index in [-0.39, 0.29) is 6.03 Å². The highest BCUT2D eigenvalue weighted by Gasteiger charge is 2.23. The number of nitrogens with zero attached hydrogens (tertiary/aromatic N) is 1. The lowest BCUT2D eigenvalue weighted by Crippen LogP contribution is -2.41. The molecule has 1 aliphatic rings. The van der Waals surface area contributed by atoms with Crippen molar-refractivity contribution in [3.05, 3.63) is 29.8 Å². The zero-order valence-electron chi connectivity index (χ0n) is 12.5. The van der Waals surface area contributed by atoms with E-state index in [2.05, 4.69) is 29.4 Å². The molecule has 2 rings (SSSR count). The van der Waals surface area contributed by atoms with Crippen LogP contribution in [-0.2, 0) is 6.42 Å². The zero-order chi connectivity index (χ0) is 14.4. The number of anilines is 1. The van der Waals surface area contributed by atoms with Crippen LogP contribution in [0.4, 0.5) is 10.5 Å². The molecule has 0 spiro atoms. The second kappa shape index (κ2) is 7.29. The Morgan fingerprint density at radius 2 is 2.15 bits per heavy atom. The lowest BCUT2D eigenvalue weighted by Gasteiger charge is -2.23. The third-order valence-corrected chi connectivity index (χ3v) is 4.05. The molecule has 1 aromatic carbocycles. The van der Waals surface area contributed by atoms with Crippen LogP contribution in [0.3, 0.4) is 0 Å². The van der Waals surface area contributed by atoms with Gasteiger partial charge in [0.15, 0.2) is 0 Å². The van der Waals surface area contributed by atoms with Gasteiger partial charge in [-0.3, -0.25) is 4.90 Å².